The summed E-state index contributed by atoms with van der Waals surface area (Å²) in [7, 11) is 1.73. The van der Waals surface area contributed by atoms with E-state index in [9.17, 15) is 4.79 Å². The minimum Gasteiger partial charge on any atom is -0.345 e. The molecule has 0 saturated heterocycles. The van der Waals surface area contributed by atoms with Gasteiger partial charge in [-0.15, -0.1) is 0 Å². The zero-order valence-electron chi connectivity index (χ0n) is 8.34. The van der Waals surface area contributed by atoms with Gasteiger partial charge in [-0.05, 0) is 6.54 Å². The Morgan fingerprint density at radius 3 is 2.85 bits per heavy atom. The van der Waals surface area contributed by atoms with Gasteiger partial charge in [0.15, 0.2) is 0 Å². The Bertz CT molecular complexity index is 186. The summed E-state index contributed by atoms with van der Waals surface area (Å²) in [5.74, 6) is 0.0937. The van der Waals surface area contributed by atoms with Gasteiger partial charge in [0, 0.05) is 26.6 Å². The largest absolute Gasteiger partial charge is 0.345 e. The van der Waals surface area contributed by atoms with Gasteiger partial charge in [-0.2, -0.15) is 5.26 Å². The summed E-state index contributed by atoms with van der Waals surface area (Å²) >= 11 is 0. The van der Waals surface area contributed by atoms with Gasteiger partial charge in [-0.25, -0.2) is 0 Å². The van der Waals surface area contributed by atoms with Crippen molar-refractivity contribution >= 4 is 5.91 Å². The van der Waals surface area contributed by atoms with Crippen LogP contribution in [0.15, 0.2) is 0 Å². The van der Waals surface area contributed by atoms with Crippen molar-refractivity contribution < 1.29 is 4.79 Å². The summed E-state index contributed by atoms with van der Waals surface area (Å²) in [6.07, 6.45) is 0.916. The minimum atomic E-state index is 0.0937. The zero-order valence-corrected chi connectivity index (χ0v) is 8.34. The second kappa shape index (κ2) is 7.56. The molecule has 1 N–H and O–H groups in total. The van der Waals surface area contributed by atoms with Crippen molar-refractivity contribution in [1.82, 2.24) is 10.2 Å². The molecule has 0 bridgehead atoms. The molecule has 0 aliphatic heterocycles. The third-order valence-corrected chi connectivity index (χ3v) is 1.75. The van der Waals surface area contributed by atoms with Crippen LogP contribution < -0.4 is 5.32 Å². The van der Waals surface area contributed by atoms with Crippen molar-refractivity contribution in [2.75, 3.05) is 26.7 Å². The fourth-order valence-corrected chi connectivity index (χ4v) is 0.905. The van der Waals surface area contributed by atoms with Crippen molar-refractivity contribution in [3.05, 3.63) is 0 Å². The second-order valence-electron chi connectivity index (χ2n) is 2.83. The lowest BCUT2D eigenvalue weighted by Gasteiger charge is -2.15. The molecule has 0 radical (unpaired) electrons. The molecule has 0 atom stereocenters. The number of nitrogens with zero attached hydrogens (tertiary/aromatic N) is 2. The van der Waals surface area contributed by atoms with Crippen LogP contribution in [0.5, 0.6) is 0 Å². The Labute approximate surface area is 79.5 Å². The van der Waals surface area contributed by atoms with Crippen molar-refractivity contribution in [2.45, 2.75) is 19.8 Å². The van der Waals surface area contributed by atoms with E-state index in [1.807, 2.05) is 13.0 Å². The molecule has 0 aliphatic carbocycles. The van der Waals surface area contributed by atoms with E-state index in [0.717, 1.165) is 6.54 Å². The SMILES string of the molecule is CCNCCC(=O)N(C)CCC#N. The summed E-state index contributed by atoms with van der Waals surface area (Å²) in [6, 6.07) is 2.01. The van der Waals surface area contributed by atoms with Crippen LogP contribution in [-0.2, 0) is 4.79 Å². The number of nitriles is 1. The quantitative estimate of drug-likeness (QED) is 0.605. The maximum Gasteiger partial charge on any atom is 0.223 e. The fraction of sp³-hybridized carbons (Fsp3) is 0.778. The fourth-order valence-electron chi connectivity index (χ4n) is 0.905. The van der Waals surface area contributed by atoms with Gasteiger partial charge in [0.2, 0.25) is 5.91 Å². The first-order valence-corrected chi connectivity index (χ1v) is 4.54. The maximum atomic E-state index is 11.3. The number of hydrogen-bond donors (Lipinski definition) is 1. The lowest BCUT2D eigenvalue weighted by molar-refractivity contribution is -0.129. The first kappa shape index (κ1) is 11.9. The highest BCUT2D eigenvalue weighted by Gasteiger charge is 2.06. The second-order valence-corrected chi connectivity index (χ2v) is 2.83. The Morgan fingerprint density at radius 2 is 2.31 bits per heavy atom. The molecule has 74 valence electrons. The Balaban J connectivity index is 3.52. The van der Waals surface area contributed by atoms with E-state index in [1.54, 1.807) is 11.9 Å². The van der Waals surface area contributed by atoms with Crippen LogP contribution in [0.4, 0.5) is 0 Å². The topological polar surface area (TPSA) is 56.1 Å². The van der Waals surface area contributed by atoms with Gasteiger partial charge in [0.05, 0.1) is 12.5 Å². The highest BCUT2D eigenvalue weighted by atomic mass is 16.2. The van der Waals surface area contributed by atoms with Crippen LogP contribution in [0.25, 0.3) is 0 Å². The normalized spacial score (nSPS) is 9.31. The van der Waals surface area contributed by atoms with E-state index in [1.165, 1.54) is 0 Å². The Kier molecular flexibility index (Phi) is 6.93. The summed E-state index contributed by atoms with van der Waals surface area (Å²) in [4.78, 5) is 12.9. The van der Waals surface area contributed by atoms with E-state index >= 15 is 0 Å². The molecule has 0 aliphatic rings. The molecular weight excluding hydrogens is 166 g/mol. The third kappa shape index (κ3) is 6.12. The van der Waals surface area contributed by atoms with Gasteiger partial charge in [-0.1, -0.05) is 6.92 Å². The van der Waals surface area contributed by atoms with Gasteiger partial charge < -0.3 is 10.2 Å². The molecule has 0 spiro atoms. The standard InChI is InChI=1S/C9H17N3O/c1-3-11-7-5-9(13)12(2)8-4-6-10/h11H,3-5,7-8H2,1-2H3. The van der Waals surface area contributed by atoms with Crippen molar-refractivity contribution in [3.63, 3.8) is 0 Å². The highest BCUT2D eigenvalue weighted by Crippen LogP contribution is 1.91. The molecule has 0 aromatic rings. The number of amides is 1. The monoisotopic (exact) mass is 183 g/mol. The van der Waals surface area contributed by atoms with Crippen LogP contribution in [0.3, 0.4) is 0 Å². The molecule has 0 saturated carbocycles. The average Bonchev–Trinajstić information content (AvgIpc) is 2.14. The number of rotatable bonds is 6. The van der Waals surface area contributed by atoms with E-state index in [0.29, 0.717) is 25.9 Å². The molecule has 4 nitrogen and oxygen atoms in total. The van der Waals surface area contributed by atoms with Crippen LogP contribution in [-0.4, -0.2) is 37.5 Å². The van der Waals surface area contributed by atoms with E-state index in [2.05, 4.69) is 5.32 Å². The van der Waals surface area contributed by atoms with Gasteiger partial charge in [0.25, 0.3) is 0 Å². The molecule has 1 amide bonds. The molecule has 0 heterocycles. The smallest absolute Gasteiger partial charge is 0.223 e. The van der Waals surface area contributed by atoms with Crippen LogP contribution >= 0.6 is 0 Å². The van der Waals surface area contributed by atoms with Crippen molar-refractivity contribution in [2.24, 2.45) is 0 Å². The number of carbonyl (C=O) groups excluding carboxylic acids is 1. The third-order valence-electron chi connectivity index (χ3n) is 1.75. The highest BCUT2D eigenvalue weighted by molar-refractivity contribution is 5.76. The maximum absolute atomic E-state index is 11.3. The predicted molar refractivity (Wildman–Crippen MR) is 51.0 cm³/mol. The van der Waals surface area contributed by atoms with E-state index < -0.39 is 0 Å². The summed E-state index contributed by atoms with van der Waals surface area (Å²) < 4.78 is 0. The lowest BCUT2D eigenvalue weighted by atomic mass is 10.3. The van der Waals surface area contributed by atoms with Crippen LogP contribution in [0.2, 0.25) is 0 Å². The predicted octanol–water partition coefficient (Wildman–Crippen LogP) is 0.358. The first-order valence-electron chi connectivity index (χ1n) is 4.54. The van der Waals surface area contributed by atoms with Crippen molar-refractivity contribution in [3.8, 4) is 6.07 Å². The molecule has 13 heavy (non-hydrogen) atoms. The van der Waals surface area contributed by atoms with Gasteiger partial charge >= 0.3 is 0 Å². The molecule has 4 heteroatoms. The lowest BCUT2D eigenvalue weighted by Crippen LogP contribution is -2.30. The van der Waals surface area contributed by atoms with E-state index in [-0.39, 0.29) is 5.91 Å². The number of hydrogen-bond acceptors (Lipinski definition) is 3. The molecule has 0 unspecified atom stereocenters. The number of nitrogens with one attached hydrogen (secondary N) is 1. The zero-order chi connectivity index (χ0) is 10.1. The minimum absolute atomic E-state index is 0.0937. The summed E-state index contributed by atoms with van der Waals surface area (Å²) in [5.41, 5.74) is 0. The average molecular weight is 183 g/mol. The molecule has 0 aromatic carbocycles. The molecule has 0 fully saturated rings. The Morgan fingerprint density at radius 1 is 1.62 bits per heavy atom. The summed E-state index contributed by atoms with van der Waals surface area (Å²) in [6.45, 7) is 4.13. The van der Waals surface area contributed by atoms with Crippen LogP contribution in [0, 0.1) is 11.3 Å². The van der Waals surface area contributed by atoms with Gasteiger partial charge in [-0.3, -0.25) is 4.79 Å². The van der Waals surface area contributed by atoms with Crippen LogP contribution in [0.1, 0.15) is 19.8 Å². The van der Waals surface area contributed by atoms with E-state index in [4.69, 9.17) is 5.26 Å². The number of carbonyl (C=O) groups is 1. The molecule has 0 rings (SSSR count). The van der Waals surface area contributed by atoms with Crippen molar-refractivity contribution in [1.29, 1.82) is 5.26 Å². The first-order chi connectivity index (χ1) is 6.22. The Hall–Kier alpha value is -1.08. The molecular formula is C9H17N3O. The van der Waals surface area contributed by atoms with Gasteiger partial charge in [0.1, 0.15) is 0 Å². The molecule has 0 aromatic heterocycles. The summed E-state index contributed by atoms with van der Waals surface area (Å²) in [5, 5.41) is 11.4.